The predicted octanol–water partition coefficient (Wildman–Crippen LogP) is 3.11. The van der Waals surface area contributed by atoms with Gasteiger partial charge in [-0.3, -0.25) is 4.52 Å². The monoisotopic (exact) mass is 360 g/mol. The van der Waals surface area contributed by atoms with Crippen LogP contribution in [-0.4, -0.2) is 119 Å². The van der Waals surface area contributed by atoms with Gasteiger partial charge in [-0.05, 0) is 6.42 Å². The number of phosphoric acid groups is 1. The molecule has 114 valence electrons. The molecule has 0 spiro atoms. The van der Waals surface area contributed by atoms with Gasteiger partial charge in [0.05, 0.1) is 6.61 Å². The molecule has 0 aromatic carbocycles. The molecular formula is C13H31K2O4P. The van der Waals surface area contributed by atoms with Gasteiger partial charge in [0.2, 0.25) is 0 Å². The summed E-state index contributed by atoms with van der Waals surface area (Å²) in [6.45, 7) is 2.40. The first-order valence-electron chi connectivity index (χ1n) is 7.26. The van der Waals surface area contributed by atoms with Crippen molar-refractivity contribution in [2.24, 2.45) is 0 Å². The summed E-state index contributed by atoms with van der Waals surface area (Å²) in [6.07, 6.45) is 13.5. The van der Waals surface area contributed by atoms with Gasteiger partial charge >= 0.3 is 111 Å². The van der Waals surface area contributed by atoms with Crippen molar-refractivity contribution in [2.45, 2.75) is 77.6 Å². The van der Waals surface area contributed by atoms with Crippen LogP contribution < -0.4 is 0 Å². The molecule has 0 fully saturated rings. The molecule has 0 unspecified atom stereocenters. The van der Waals surface area contributed by atoms with Crippen molar-refractivity contribution in [1.29, 1.82) is 0 Å². The maximum absolute atomic E-state index is 10.4. The van der Waals surface area contributed by atoms with Crippen molar-refractivity contribution in [3.63, 3.8) is 0 Å². The summed E-state index contributed by atoms with van der Waals surface area (Å²) in [6, 6.07) is 0. The van der Waals surface area contributed by atoms with Crippen molar-refractivity contribution in [1.82, 2.24) is 0 Å². The number of unbranched alkanes of at least 4 members (excludes halogenated alkanes) is 10. The fourth-order valence-corrected chi connectivity index (χ4v) is 2.32. The van der Waals surface area contributed by atoms with Crippen molar-refractivity contribution in [2.75, 3.05) is 6.61 Å². The van der Waals surface area contributed by atoms with Crippen LogP contribution in [0.4, 0.5) is 0 Å². The number of phosphoric ester groups is 1. The fourth-order valence-electron chi connectivity index (χ4n) is 1.95. The second-order valence-electron chi connectivity index (χ2n) is 4.86. The molecule has 2 N–H and O–H groups in total. The fraction of sp³-hybridized carbons (Fsp3) is 1.00. The van der Waals surface area contributed by atoms with Crippen LogP contribution >= 0.6 is 7.82 Å². The van der Waals surface area contributed by atoms with E-state index in [4.69, 9.17) is 9.79 Å². The summed E-state index contributed by atoms with van der Waals surface area (Å²) in [5, 5.41) is 0. The minimum absolute atomic E-state index is 0. The van der Waals surface area contributed by atoms with Crippen molar-refractivity contribution < 1.29 is 18.9 Å². The molecule has 0 aromatic heterocycles. The van der Waals surface area contributed by atoms with E-state index in [1.807, 2.05) is 0 Å². The Balaban J connectivity index is -0.00000144. The van der Waals surface area contributed by atoms with Gasteiger partial charge in [0.25, 0.3) is 0 Å². The molecule has 0 heterocycles. The quantitative estimate of drug-likeness (QED) is 0.301. The van der Waals surface area contributed by atoms with Crippen LogP contribution in [0.25, 0.3) is 0 Å². The Morgan fingerprint density at radius 2 is 1.10 bits per heavy atom. The number of hydrogen-bond donors (Lipinski definition) is 2. The average Bonchev–Trinajstić information content (AvgIpc) is 2.29. The number of rotatable bonds is 13. The summed E-state index contributed by atoms with van der Waals surface area (Å²) in [4.78, 5) is 16.9. The van der Waals surface area contributed by atoms with E-state index in [0.29, 0.717) is 0 Å². The van der Waals surface area contributed by atoms with E-state index in [0.717, 1.165) is 19.3 Å². The van der Waals surface area contributed by atoms with E-state index in [-0.39, 0.29) is 109 Å². The second kappa shape index (κ2) is 20.4. The third-order valence-corrected chi connectivity index (χ3v) is 3.53. The Morgan fingerprint density at radius 3 is 1.45 bits per heavy atom. The third kappa shape index (κ3) is 26.3. The van der Waals surface area contributed by atoms with Crippen LogP contribution in [0.3, 0.4) is 0 Å². The molecule has 0 atom stereocenters. The molecule has 0 saturated heterocycles. The van der Waals surface area contributed by atoms with Crippen molar-refractivity contribution >= 4 is 111 Å². The SMILES string of the molecule is CCCCCCCCCCCCCOP(=O)(O)O.[KH].[KH]. The zero-order valence-corrected chi connectivity index (χ0v) is 12.5. The molecule has 0 aromatic rings. The zero-order valence-electron chi connectivity index (χ0n) is 11.6. The first-order chi connectivity index (χ1) is 8.56. The molecule has 0 aliphatic carbocycles. The van der Waals surface area contributed by atoms with E-state index in [2.05, 4.69) is 11.4 Å². The minimum atomic E-state index is -4.25. The van der Waals surface area contributed by atoms with Gasteiger partial charge in [0, 0.05) is 0 Å². The standard InChI is InChI=1S/C13H29O4P.2K.2H/c1-2-3-4-5-6-7-8-9-10-11-12-13-17-18(14,15)16;;;;/h2-13H2,1H3,(H2,14,15,16);;;;. The zero-order chi connectivity index (χ0) is 13.7. The Hall–Kier alpha value is 3.38. The first kappa shape index (κ1) is 28.2. The second-order valence-corrected chi connectivity index (χ2v) is 6.10. The van der Waals surface area contributed by atoms with Gasteiger partial charge in [0.15, 0.2) is 0 Å². The predicted molar refractivity (Wildman–Crippen MR) is 88.8 cm³/mol. The molecule has 0 amide bonds. The molecule has 0 aliphatic rings. The average molecular weight is 361 g/mol. The topological polar surface area (TPSA) is 66.8 Å². The molecule has 0 saturated carbocycles. The normalized spacial score (nSPS) is 10.8. The van der Waals surface area contributed by atoms with Crippen molar-refractivity contribution in [3.05, 3.63) is 0 Å². The van der Waals surface area contributed by atoms with Gasteiger partial charge in [-0.1, -0.05) is 71.1 Å². The van der Waals surface area contributed by atoms with Crippen LogP contribution in [0.15, 0.2) is 0 Å². The molecular weight excluding hydrogens is 329 g/mol. The van der Waals surface area contributed by atoms with Crippen molar-refractivity contribution in [3.8, 4) is 0 Å². The van der Waals surface area contributed by atoms with E-state index < -0.39 is 7.82 Å². The molecule has 0 rings (SSSR count). The van der Waals surface area contributed by atoms with Crippen LogP contribution in [-0.2, 0) is 9.09 Å². The van der Waals surface area contributed by atoms with Gasteiger partial charge in [-0.15, -0.1) is 0 Å². The van der Waals surface area contributed by atoms with Crippen LogP contribution in [0.1, 0.15) is 77.6 Å². The Morgan fingerprint density at radius 1 is 0.750 bits per heavy atom. The Bertz CT molecular complexity index is 224. The Labute approximate surface area is 209 Å². The summed E-state index contributed by atoms with van der Waals surface area (Å²) >= 11 is 0. The van der Waals surface area contributed by atoms with Crippen LogP contribution in [0.2, 0.25) is 0 Å². The van der Waals surface area contributed by atoms with Gasteiger partial charge in [0.1, 0.15) is 0 Å². The van der Waals surface area contributed by atoms with Crippen LogP contribution in [0, 0.1) is 0 Å². The molecule has 0 radical (unpaired) electrons. The van der Waals surface area contributed by atoms with Gasteiger partial charge in [-0.25, -0.2) is 4.57 Å². The van der Waals surface area contributed by atoms with E-state index in [1.165, 1.54) is 51.4 Å². The van der Waals surface area contributed by atoms with E-state index in [1.54, 1.807) is 0 Å². The van der Waals surface area contributed by atoms with E-state index in [9.17, 15) is 4.57 Å². The summed E-state index contributed by atoms with van der Waals surface area (Å²) in [7, 11) is -4.25. The molecule has 0 bridgehead atoms. The first-order valence-corrected chi connectivity index (χ1v) is 8.79. The number of hydrogen-bond acceptors (Lipinski definition) is 2. The summed E-state index contributed by atoms with van der Waals surface area (Å²) in [5.41, 5.74) is 0. The van der Waals surface area contributed by atoms with Crippen LogP contribution in [0.5, 0.6) is 0 Å². The van der Waals surface area contributed by atoms with Gasteiger partial charge in [-0.2, -0.15) is 0 Å². The Kier molecular flexibility index (Phi) is 28.8. The third-order valence-electron chi connectivity index (χ3n) is 3.01. The molecule has 7 heteroatoms. The molecule has 20 heavy (non-hydrogen) atoms. The summed E-state index contributed by atoms with van der Waals surface area (Å²) < 4.78 is 14.8. The van der Waals surface area contributed by atoms with Gasteiger partial charge < -0.3 is 9.79 Å². The maximum atomic E-state index is 10.4. The van der Waals surface area contributed by atoms with E-state index >= 15 is 0 Å². The molecule has 0 aliphatic heterocycles. The summed E-state index contributed by atoms with van der Waals surface area (Å²) in [5.74, 6) is 0. The molecule has 4 nitrogen and oxygen atoms in total.